The van der Waals surface area contributed by atoms with E-state index in [2.05, 4.69) is 0 Å². The molecule has 0 aliphatic carbocycles. The minimum Gasteiger partial charge on any atom is -0.462 e. The number of fused-ring (bicyclic) bond motifs is 1. The molecule has 1 aliphatic heterocycles. The van der Waals surface area contributed by atoms with Gasteiger partial charge in [0, 0.05) is 16.8 Å². The molecule has 0 bridgehead atoms. The van der Waals surface area contributed by atoms with E-state index in [0.717, 1.165) is 6.26 Å². The van der Waals surface area contributed by atoms with Crippen LogP contribution in [-0.2, 0) is 9.53 Å². The van der Waals surface area contributed by atoms with Crippen molar-refractivity contribution in [2.24, 2.45) is 5.73 Å². The molecule has 4 amide bonds. The summed E-state index contributed by atoms with van der Waals surface area (Å²) in [5.41, 5.74) is 4.65. The number of imide groups is 1. The van der Waals surface area contributed by atoms with Gasteiger partial charge in [0.2, 0.25) is 0 Å². The smallest absolute Gasteiger partial charge is 0.411 e. The zero-order chi connectivity index (χ0) is 22.4. The Kier molecular flexibility index (Phi) is 5.40. The number of nitrogens with zero attached hydrogens (tertiary/aromatic N) is 2. The number of furan rings is 1. The average Bonchev–Trinajstić information content (AvgIpc) is 3.14. The third-order valence-corrected chi connectivity index (χ3v) is 4.61. The van der Waals surface area contributed by atoms with Crippen molar-refractivity contribution in [1.29, 1.82) is 0 Å². The maximum absolute atomic E-state index is 14.1. The molecule has 1 fully saturated rings. The van der Waals surface area contributed by atoms with Gasteiger partial charge >= 0.3 is 12.1 Å². The molecular formula is C19H20ClF2N3O5. The predicted octanol–water partition coefficient (Wildman–Crippen LogP) is 4.14. The number of rotatable bonds is 2. The van der Waals surface area contributed by atoms with Gasteiger partial charge in [-0.25, -0.2) is 23.3 Å². The van der Waals surface area contributed by atoms with Gasteiger partial charge in [-0.05, 0) is 39.0 Å². The number of benzene rings is 1. The lowest BCUT2D eigenvalue weighted by atomic mass is 10.1. The largest absolute Gasteiger partial charge is 0.462 e. The number of carbonyl (C=O) groups excluding carboxylic acids is 3. The molecule has 0 radical (unpaired) electrons. The standard InChI is InChI=1S/C19H20ClF2N3O5/c1-18(2,3)30-17(28)24-9-19(21,22)7-12(24)15(26)25(16(23)27)13-8-29-14-5-4-10(20)6-11(13)14/h4-6,8,12H,7,9H2,1-3H3,(H2,23,27). The maximum Gasteiger partial charge on any atom is 0.411 e. The molecule has 1 unspecified atom stereocenters. The van der Waals surface area contributed by atoms with Crippen LogP contribution in [0.5, 0.6) is 0 Å². The monoisotopic (exact) mass is 443 g/mol. The van der Waals surface area contributed by atoms with Gasteiger partial charge in [0.1, 0.15) is 23.5 Å². The number of halogens is 3. The summed E-state index contributed by atoms with van der Waals surface area (Å²) in [4.78, 5) is 38.8. The fourth-order valence-corrected chi connectivity index (χ4v) is 3.38. The third kappa shape index (κ3) is 4.33. The highest BCUT2D eigenvalue weighted by Crippen LogP contribution is 2.37. The summed E-state index contributed by atoms with van der Waals surface area (Å²) in [5, 5.41) is 0.577. The van der Waals surface area contributed by atoms with E-state index in [1.54, 1.807) is 20.8 Å². The minimum absolute atomic E-state index is 0.0654. The molecule has 2 N–H and O–H groups in total. The molecule has 1 aliphatic rings. The Morgan fingerprint density at radius 2 is 2.00 bits per heavy atom. The topological polar surface area (TPSA) is 106 Å². The highest BCUT2D eigenvalue weighted by Gasteiger charge is 2.53. The Labute approximate surface area is 175 Å². The first kappa shape index (κ1) is 21.8. The van der Waals surface area contributed by atoms with Gasteiger partial charge in [0.05, 0.1) is 12.2 Å². The van der Waals surface area contributed by atoms with Crippen molar-refractivity contribution in [3.63, 3.8) is 0 Å². The number of ether oxygens (including phenoxy) is 1. The number of carbonyl (C=O) groups is 3. The molecule has 0 saturated carbocycles. The third-order valence-electron chi connectivity index (χ3n) is 4.38. The van der Waals surface area contributed by atoms with Gasteiger partial charge in [-0.2, -0.15) is 0 Å². The summed E-state index contributed by atoms with van der Waals surface area (Å²) in [6.45, 7) is 3.66. The minimum atomic E-state index is -3.34. The molecular weight excluding hydrogens is 424 g/mol. The molecule has 1 saturated heterocycles. The Hall–Kier alpha value is -2.88. The van der Waals surface area contributed by atoms with Crippen LogP contribution in [0.1, 0.15) is 27.2 Å². The van der Waals surface area contributed by atoms with Gasteiger partial charge in [-0.15, -0.1) is 0 Å². The molecule has 2 aromatic rings. The number of amides is 4. The van der Waals surface area contributed by atoms with Crippen LogP contribution in [0.25, 0.3) is 11.0 Å². The molecule has 11 heteroatoms. The van der Waals surface area contributed by atoms with Crippen molar-refractivity contribution in [2.75, 3.05) is 11.4 Å². The van der Waals surface area contributed by atoms with E-state index in [9.17, 15) is 23.2 Å². The van der Waals surface area contributed by atoms with Crippen LogP contribution in [0, 0.1) is 0 Å². The number of anilines is 1. The molecule has 3 rings (SSSR count). The van der Waals surface area contributed by atoms with E-state index < -0.39 is 48.6 Å². The molecule has 1 aromatic carbocycles. The van der Waals surface area contributed by atoms with Crippen molar-refractivity contribution < 1.29 is 32.3 Å². The van der Waals surface area contributed by atoms with E-state index in [4.69, 9.17) is 26.5 Å². The first-order valence-corrected chi connectivity index (χ1v) is 9.34. The molecule has 30 heavy (non-hydrogen) atoms. The van der Waals surface area contributed by atoms with E-state index in [1.165, 1.54) is 18.2 Å². The normalized spacial score (nSPS) is 18.5. The van der Waals surface area contributed by atoms with Crippen LogP contribution in [0.2, 0.25) is 5.02 Å². The van der Waals surface area contributed by atoms with Crippen LogP contribution >= 0.6 is 11.6 Å². The van der Waals surface area contributed by atoms with Crippen molar-refractivity contribution in [1.82, 2.24) is 4.90 Å². The first-order chi connectivity index (χ1) is 13.8. The Bertz CT molecular complexity index is 1020. The van der Waals surface area contributed by atoms with Crippen molar-refractivity contribution >= 4 is 46.3 Å². The Morgan fingerprint density at radius 1 is 1.33 bits per heavy atom. The van der Waals surface area contributed by atoms with E-state index in [0.29, 0.717) is 20.4 Å². The number of urea groups is 1. The second kappa shape index (κ2) is 7.42. The molecule has 2 heterocycles. The summed E-state index contributed by atoms with van der Waals surface area (Å²) in [7, 11) is 0. The zero-order valence-electron chi connectivity index (χ0n) is 16.4. The van der Waals surface area contributed by atoms with E-state index >= 15 is 0 Å². The maximum atomic E-state index is 14.1. The molecule has 1 aromatic heterocycles. The lowest BCUT2D eigenvalue weighted by Gasteiger charge is -2.29. The molecule has 8 nitrogen and oxygen atoms in total. The van der Waals surface area contributed by atoms with E-state index in [-0.39, 0.29) is 11.1 Å². The van der Waals surface area contributed by atoms with Gasteiger partial charge < -0.3 is 14.9 Å². The average molecular weight is 444 g/mol. The highest BCUT2D eigenvalue weighted by molar-refractivity contribution is 6.31. The summed E-state index contributed by atoms with van der Waals surface area (Å²) in [6.07, 6.45) is -0.984. The Balaban J connectivity index is 2.00. The number of hydrogen-bond acceptors (Lipinski definition) is 5. The summed E-state index contributed by atoms with van der Waals surface area (Å²) in [5.74, 6) is -4.45. The summed E-state index contributed by atoms with van der Waals surface area (Å²) >= 11 is 5.97. The fraction of sp³-hybridized carbons (Fsp3) is 0.421. The van der Waals surface area contributed by atoms with Gasteiger partial charge in [0.15, 0.2) is 0 Å². The summed E-state index contributed by atoms with van der Waals surface area (Å²) in [6, 6.07) is 1.61. The van der Waals surface area contributed by atoms with Crippen LogP contribution < -0.4 is 10.6 Å². The lowest BCUT2D eigenvalue weighted by Crippen LogP contribution is -2.52. The van der Waals surface area contributed by atoms with Crippen LogP contribution in [-0.4, -0.2) is 47.0 Å². The van der Waals surface area contributed by atoms with Crippen molar-refractivity contribution in [2.45, 2.75) is 44.8 Å². The highest BCUT2D eigenvalue weighted by atomic mass is 35.5. The van der Waals surface area contributed by atoms with Gasteiger partial charge in [0.25, 0.3) is 11.8 Å². The van der Waals surface area contributed by atoms with E-state index in [1.807, 2.05) is 0 Å². The van der Waals surface area contributed by atoms with Crippen LogP contribution in [0.4, 0.5) is 24.1 Å². The van der Waals surface area contributed by atoms with Crippen LogP contribution in [0.3, 0.4) is 0 Å². The number of likely N-dealkylation sites (tertiary alicyclic amines) is 1. The number of hydrogen-bond donors (Lipinski definition) is 1. The second-order valence-corrected chi connectivity index (χ2v) is 8.39. The molecule has 162 valence electrons. The van der Waals surface area contributed by atoms with Gasteiger partial charge in [-0.3, -0.25) is 9.69 Å². The SMILES string of the molecule is CC(C)(C)OC(=O)N1CC(F)(F)CC1C(=O)N(C(N)=O)c1coc2ccc(Cl)cc12. The zero-order valence-corrected chi connectivity index (χ0v) is 17.2. The lowest BCUT2D eigenvalue weighted by molar-refractivity contribution is -0.122. The fourth-order valence-electron chi connectivity index (χ4n) is 3.21. The number of primary amides is 1. The first-order valence-electron chi connectivity index (χ1n) is 8.97. The Morgan fingerprint density at radius 3 is 2.60 bits per heavy atom. The number of alkyl halides is 2. The van der Waals surface area contributed by atoms with Crippen molar-refractivity contribution in [3.8, 4) is 0 Å². The predicted molar refractivity (Wildman–Crippen MR) is 105 cm³/mol. The summed E-state index contributed by atoms with van der Waals surface area (Å²) < 4.78 is 38.7. The quantitative estimate of drug-likeness (QED) is 0.750. The van der Waals surface area contributed by atoms with Crippen molar-refractivity contribution in [3.05, 3.63) is 29.5 Å². The molecule has 1 atom stereocenters. The number of nitrogens with two attached hydrogens (primary N) is 1. The van der Waals surface area contributed by atoms with Gasteiger partial charge in [-0.1, -0.05) is 11.6 Å². The second-order valence-electron chi connectivity index (χ2n) is 7.96. The molecule has 0 spiro atoms. The van der Waals surface area contributed by atoms with Crippen LogP contribution in [0.15, 0.2) is 28.9 Å².